The van der Waals surface area contributed by atoms with E-state index in [0.717, 1.165) is 0 Å². The normalized spacial score (nSPS) is 26.8. The second-order valence-electron chi connectivity index (χ2n) is 2.17. The Balaban J connectivity index is 2.39. The van der Waals surface area contributed by atoms with E-state index in [9.17, 15) is 4.39 Å². The molecule has 0 radical (unpaired) electrons. The standard InChI is InChI=1S/C5H9FN2S/c6-4-1-2-8(3-4)5(7)9/h4H,1-3H2,(H2,7,9)/t4-/m0/s1. The minimum atomic E-state index is -0.730. The number of likely N-dealkylation sites (tertiary alicyclic amines) is 1. The van der Waals surface area contributed by atoms with Crippen LogP contribution in [0.1, 0.15) is 6.42 Å². The van der Waals surface area contributed by atoms with Crippen molar-refractivity contribution in [1.29, 1.82) is 0 Å². The van der Waals surface area contributed by atoms with Gasteiger partial charge < -0.3 is 10.6 Å². The summed E-state index contributed by atoms with van der Waals surface area (Å²) in [4.78, 5) is 1.68. The Morgan fingerprint density at radius 3 is 2.67 bits per heavy atom. The van der Waals surface area contributed by atoms with E-state index in [-0.39, 0.29) is 0 Å². The predicted octanol–water partition coefficient (Wildman–Crippen LogP) is 0.274. The number of nitrogens with two attached hydrogens (primary N) is 1. The van der Waals surface area contributed by atoms with Crippen LogP contribution in [0.25, 0.3) is 0 Å². The molecule has 52 valence electrons. The zero-order chi connectivity index (χ0) is 6.85. The topological polar surface area (TPSA) is 29.3 Å². The molecule has 4 heteroatoms. The van der Waals surface area contributed by atoms with Crippen LogP contribution in [0.3, 0.4) is 0 Å². The average Bonchev–Trinajstić information content (AvgIpc) is 2.14. The smallest absolute Gasteiger partial charge is 0.166 e. The number of halogens is 1. The van der Waals surface area contributed by atoms with E-state index in [0.29, 0.717) is 24.6 Å². The summed E-state index contributed by atoms with van der Waals surface area (Å²) in [5.41, 5.74) is 5.25. The Hall–Kier alpha value is -0.380. The largest absolute Gasteiger partial charge is 0.376 e. The predicted molar refractivity (Wildman–Crippen MR) is 37.9 cm³/mol. The molecular weight excluding hydrogens is 139 g/mol. The van der Waals surface area contributed by atoms with Gasteiger partial charge in [0.05, 0.1) is 6.54 Å². The molecule has 9 heavy (non-hydrogen) atoms. The zero-order valence-electron chi connectivity index (χ0n) is 5.01. The molecule has 1 fully saturated rings. The van der Waals surface area contributed by atoms with Gasteiger partial charge in [-0.15, -0.1) is 0 Å². The van der Waals surface area contributed by atoms with E-state index >= 15 is 0 Å². The van der Waals surface area contributed by atoms with Crippen LogP contribution in [0, 0.1) is 0 Å². The molecule has 1 aliphatic rings. The first-order valence-electron chi connectivity index (χ1n) is 2.88. The van der Waals surface area contributed by atoms with Crippen molar-refractivity contribution >= 4 is 17.3 Å². The quantitative estimate of drug-likeness (QED) is 0.500. The zero-order valence-corrected chi connectivity index (χ0v) is 5.83. The third-order valence-corrected chi connectivity index (χ3v) is 1.70. The summed E-state index contributed by atoms with van der Waals surface area (Å²) in [6.45, 7) is 1.06. The maximum absolute atomic E-state index is 12.4. The molecule has 0 aromatic carbocycles. The summed E-state index contributed by atoms with van der Waals surface area (Å²) in [7, 11) is 0. The van der Waals surface area contributed by atoms with Crippen molar-refractivity contribution in [3.05, 3.63) is 0 Å². The minimum absolute atomic E-state index is 0.315. The number of rotatable bonds is 0. The van der Waals surface area contributed by atoms with Gasteiger partial charge in [0.2, 0.25) is 0 Å². The fourth-order valence-electron chi connectivity index (χ4n) is 0.918. The van der Waals surface area contributed by atoms with Crippen molar-refractivity contribution in [1.82, 2.24) is 4.90 Å². The molecule has 0 bridgehead atoms. The molecule has 0 saturated carbocycles. The van der Waals surface area contributed by atoms with Crippen LogP contribution in [-0.4, -0.2) is 29.3 Å². The highest BCUT2D eigenvalue weighted by Crippen LogP contribution is 2.10. The molecule has 2 N–H and O–H groups in total. The molecule has 0 spiro atoms. The van der Waals surface area contributed by atoms with E-state index in [1.807, 2.05) is 0 Å². The first-order valence-corrected chi connectivity index (χ1v) is 3.29. The highest BCUT2D eigenvalue weighted by molar-refractivity contribution is 7.80. The maximum atomic E-state index is 12.4. The Labute approximate surface area is 58.8 Å². The molecule has 2 nitrogen and oxygen atoms in total. The lowest BCUT2D eigenvalue weighted by Gasteiger charge is -2.13. The Kier molecular flexibility index (Phi) is 1.85. The maximum Gasteiger partial charge on any atom is 0.166 e. The van der Waals surface area contributed by atoms with Crippen molar-refractivity contribution in [2.24, 2.45) is 5.73 Å². The second kappa shape index (κ2) is 2.47. The monoisotopic (exact) mass is 148 g/mol. The van der Waals surface area contributed by atoms with Crippen molar-refractivity contribution in [3.63, 3.8) is 0 Å². The molecule has 1 saturated heterocycles. The number of nitrogens with zero attached hydrogens (tertiary/aromatic N) is 1. The lowest BCUT2D eigenvalue weighted by Crippen LogP contribution is -2.33. The Bertz CT molecular complexity index is 128. The van der Waals surface area contributed by atoms with Gasteiger partial charge >= 0.3 is 0 Å². The molecule has 0 amide bonds. The van der Waals surface area contributed by atoms with Gasteiger partial charge in [-0.3, -0.25) is 0 Å². The average molecular weight is 148 g/mol. The fraction of sp³-hybridized carbons (Fsp3) is 0.800. The van der Waals surface area contributed by atoms with Crippen LogP contribution >= 0.6 is 12.2 Å². The Morgan fingerprint density at radius 1 is 1.78 bits per heavy atom. The van der Waals surface area contributed by atoms with Gasteiger partial charge in [-0.25, -0.2) is 4.39 Å². The van der Waals surface area contributed by atoms with Crippen molar-refractivity contribution in [2.75, 3.05) is 13.1 Å². The molecule has 1 atom stereocenters. The molecule has 0 aromatic heterocycles. The van der Waals surface area contributed by atoms with Gasteiger partial charge in [0.1, 0.15) is 6.17 Å². The SMILES string of the molecule is NC(=S)N1CC[C@H](F)C1. The highest BCUT2D eigenvalue weighted by atomic mass is 32.1. The number of hydrogen-bond donors (Lipinski definition) is 1. The highest BCUT2D eigenvalue weighted by Gasteiger charge is 2.21. The van der Waals surface area contributed by atoms with Crippen LogP contribution in [0.15, 0.2) is 0 Å². The van der Waals surface area contributed by atoms with Crippen LogP contribution in [-0.2, 0) is 0 Å². The molecule has 1 heterocycles. The summed E-state index contributed by atoms with van der Waals surface area (Å²) in [5.74, 6) is 0. The van der Waals surface area contributed by atoms with Gasteiger partial charge in [0.15, 0.2) is 5.11 Å². The van der Waals surface area contributed by atoms with Crippen LogP contribution in [0.4, 0.5) is 4.39 Å². The third-order valence-electron chi connectivity index (χ3n) is 1.44. The summed E-state index contributed by atoms with van der Waals surface area (Å²) in [6.07, 6.45) is -0.163. The van der Waals surface area contributed by atoms with Gasteiger partial charge in [0, 0.05) is 6.54 Å². The van der Waals surface area contributed by atoms with E-state index in [1.165, 1.54) is 0 Å². The third kappa shape index (κ3) is 1.51. The number of hydrogen-bond acceptors (Lipinski definition) is 1. The molecular formula is C5H9FN2S. The first kappa shape index (κ1) is 6.74. The van der Waals surface area contributed by atoms with Gasteiger partial charge in [0.25, 0.3) is 0 Å². The summed E-state index contributed by atoms with van der Waals surface area (Å²) >= 11 is 4.65. The van der Waals surface area contributed by atoms with Gasteiger partial charge in [-0.1, -0.05) is 0 Å². The van der Waals surface area contributed by atoms with E-state index in [4.69, 9.17) is 5.73 Å². The molecule has 1 rings (SSSR count). The summed E-state index contributed by atoms with van der Waals surface area (Å²) in [6, 6.07) is 0. The van der Waals surface area contributed by atoms with Crippen LogP contribution in [0.5, 0.6) is 0 Å². The van der Waals surface area contributed by atoms with E-state index in [1.54, 1.807) is 4.90 Å². The molecule has 0 unspecified atom stereocenters. The van der Waals surface area contributed by atoms with E-state index in [2.05, 4.69) is 12.2 Å². The summed E-state index contributed by atoms with van der Waals surface area (Å²) in [5, 5.41) is 0.315. The molecule has 0 aliphatic carbocycles. The minimum Gasteiger partial charge on any atom is -0.376 e. The lowest BCUT2D eigenvalue weighted by atomic mass is 10.3. The van der Waals surface area contributed by atoms with Crippen molar-refractivity contribution in [3.8, 4) is 0 Å². The lowest BCUT2D eigenvalue weighted by molar-refractivity contribution is 0.343. The second-order valence-corrected chi connectivity index (χ2v) is 2.59. The Morgan fingerprint density at radius 2 is 2.44 bits per heavy atom. The molecule has 0 aromatic rings. The van der Waals surface area contributed by atoms with E-state index < -0.39 is 6.17 Å². The number of thiocarbonyl (C=S) groups is 1. The number of alkyl halides is 1. The first-order chi connectivity index (χ1) is 4.20. The fourth-order valence-corrected chi connectivity index (χ4v) is 1.08. The van der Waals surface area contributed by atoms with Crippen molar-refractivity contribution in [2.45, 2.75) is 12.6 Å². The summed E-state index contributed by atoms with van der Waals surface area (Å²) < 4.78 is 12.4. The van der Waals surface area contributed by atoms with Crippen LogP contribution in [0.2, 0.25) is 0 Å². The van der Waals surface area contributed by atoms with Gasteiger partial charge in [-0.05, 0) is 18.6 Å². The van der Waals surface area contributed by atoms with Crippen LogP contribution < -0.4 is 5.73 Å². The van der Waals surface area contributed by atoms with Crippen molar-refractivity contribution < 1.29 is 4.39 Å². The van der Waals surface area contributed by atoms with Gasteiger partial charge in [-0.2, -0.15) is 0 Å². The molecule has 1 aliphatic heterocycles.